The zero-order valence-corrected chi connectivity index (χ0v) is 18.2. The number of carbonyl (C=O) groups excluding carboxylic acids is 3. The lowest BCUT2D eigenvalue weighted by molar-refractivity contribution is -0.118. The number of anilines is 1. The van der Waals surface area contributed by atoms with E-state index in [2.05, 4.69) is 5.32 Å². The molecule has 0 saturated carbocycles. The lowest BCUT2D eigenvalue weighted by Crippen LogP contribution is -2.20. The van der Waals surface area contributed by atoms with Crippen molar-refractivity contribution in [2.24, 2.45) is 0 Å². The van der Waals surface area contributed by atoms with E-state index in [0.29, 0.717) is 17.0 Å². The van der Waals surface area contributed by atoms with Gasteiger partial charge < -0.3 is 24.3 Å². The summed E-state index contributed by atoms with van der Waals surface area (Å²) in [5.41, 5.74) is 1.24. The minimum absolute atomic E-state index is 0.183. The Balaban J connectivity index is 1.55. The molecule has 0 aromatic heterocycles. The molecule has 0 fully saturated rings. The number of ketones is 1. The first-order valence-electron chi connectivity index (χ1n) is 10.00. The average Bonchev–Trinajstić information content (AvgIpc) is 2.86. The Morgan fingerprint density at radius 1 is 0.758 bits per heavy atom. The average molecular weight is 449 g/mol. The van der Waals surface area contributed by atoms with E-state index in [9.17, 15) is 14.4 Å². The van der Waals surface area contributed by atoms with E-state index < -0.39 is 5.97 Å². The van der Waals surface area contributed by atoms with Gasteiger partial charge in [-0.1, -0.05) is 30.3 Å². The van der Waals surface area contributed by atoms with Gasteiger partial charge in [-0.2, -0.15) is 0 Å². The number of hydrogen-bond acceptors (Lipinski definition) is 7. The molecule has 0 unspecified atom stereocenters. The predicted octanol–water partition coefficient (Wildman–Crippen LogP) is 3.76. The normalized spacial score (nSPS) is 10.1. The molecule has 3 rings (SSSR count). The number of rotatable bonds is 10. The van der Waals surface area contributed by atoms with E-state index in [1.165, 1.54) is 25.3 Å². The summed E-state index contributed by atoms with van der Waals surface area (Å²) in [6, 6.07) is 19.8. The zero-order valence-electron chi connectivity index (χ0n) is 18.2. The Morgan fingerprint density at radius 2 is 1.48 bits per heavy atom. The molecule has 0 aliphatic rings. The van der Waals surface area contributed by atoms with Gasteiger partial charge in [-0.3, -0.25) is 9.59 Å². The van der Waals surface area contributed by atoms with Crippen LogP contribution in [0.2, 0.25) is 0 Å². The molecule has 0 atom stereocenters. The highest BCUT2D eigenvalue weighted by atomic mass is 16.5. The number of methoxy groups -OCH3 is 2. The quantitative estimate of drug-likeness (QED) is 0.372. The van der Waals surface area contributed by atoms with Crippen LogP contribution < -0.4 is 19.5 Å². The second kappa shape index (κ2) is 11.3. The molecule has 0 aliphatic carbocycles. The predicted molar refractivity (Wildman–Crippen MR) is 121 cm³/mol. The van der Waals surface area contributed by atoms with Gasteiger partial charge >= 0.3 is 5.97 Å². The first-order valence-corrected chi connectivity index (χ1v) is 10.00. The van der Waals surface area contributed by atoms with Crippen molar-refractivity contribution in [3.63, 3.8) is 0 Å². The molecule has 170 valence electrons. The number of nitrogens with one attached hydrogen (secondary N) is 1. The second-order valence-electron chi connectivity index (χ2n) is 6.80. The Kier molecular flexibility index (Phi) is 8.02. The molecule has 1 N–H and O–H groups in total. The molecule has 0 radical (unpaired) electrons. The molecule has 0 saturated heterocycles. The summed E-state index contributed by atoms with van der Waals surface area (Å²) < 4.78 is 21.0. The summed E-state index contributed by atoms with van der Waals surface area (Å²) in [5, 5.41) is 2.70. The van der Waals surface area contributed by atoms with Gasteiger partial charge in [-0.05, 0) is 42.5 Å². The van der Waals surface area contributed by atoms with Gasteiger partial charge in [0.25, 0.3) is 5.91 Å². The SMILES string of the molecule is COc1ccc(NC(=O)COc2ccc(C(=O)OCC(=O)c3ccccc3)cc2OC)cc1. The number of Topliss-reactive ketones (excluding diaryl/α,β-unsaturated/α-hetero) is 1. The number of ether oxygens (including phenoxy) is 4. The van der Waals surface area contributed by atoms with Gasteiger partial charge in [0.15, 0.2) is 30.5 Å². The Bertz CT molecular complexity index is 1110. The topological polar surface area (TPSA) is 100 Å². The van der Waals surface area contributed by atoms with Gasteiger partial charge in [-0.25, -0.2) is 4.79 Å². The lowest BCUT2D eigenvalue weighted by atomic mass is 10.1. The highest BCUT2D eigenvalue weighted by Crippen LogP contribution is 2.28. The maximum atomic E-state index is 12.3. The third kappa shape index (κ3) is 6.57. The minimum atomic E-state index is -0.679. The van der Waals surface area contributed by atoms with Crippen molar-refractivity contribution in [2.75, 3.05) is 32.8 Å². The minimum Gasteiger partial charge on any atom is -0.497 e. The van der Waals surface area contributed by atoms with E-state index in [4.69, 9.17) is 18.9 Å². The van der Waals surface area contributed by atoms with Crippen molar-refractivity contribution in [1.82, 2.24) is 0 Å². The van der Waals surface area contributed by atoms with Crippen LogP contribution in [0.15, 0.2) is 72.8 Å². The fraction of sp³-hybridized carbons (Fsp3) is 0.160. The fourth-order valence-corrected chi connectivity index (χ4v) is 2.85. The maximum Gasteiger partial charge on any atom is 0.338 e. The number of amides is 1. The van der Waals surface area contributed by atoms with Crippen molar-refractivity contribution in [2.45, 2.75) is 0 Å². The van der Waals surface area contributed by atoms with E-state index >= 15 is 0 Å². The van der Waals surface area contributed by atoms with Crippen molar-refractivity contribution in [3.05, 3.63) is 83.9 Å². The third-order valence-electron chi connectivity index (χ3n) is 4.56. The molecule has 0 bridgehead atoms. The molecular weight excluding hydrogens is 426 g/mol. The van der Waals surface area contributed by atoms with Gasteiger partial charge in [0, 0.05) is 11.3 Å². The van der Waals surface area contributed by atoms with Crippen molar-refractivity contribution in [1.29, 1.82) is 0 Å². The van der Waals surface area contributed by atoms with Crippen LogP contribution in [-0.2, 0) is 9.53 Å². The molecule has 0 aliphatic heterocycles. The van der Waals surface area contributed by atoms with Crippen LogP contribution in [-0.4, -0.2) is 45.1 Å². The third-order valence-corrected chi connectivity index (χ3v) is 4.56. The smallest absolute Gasteiger partial charge is 0.338 e. The second-order valence-corrected chi connectivity index (χ2v) is 6.80. The summed E-state index contributed by atoms with van der Waals surface area (Å²) in [4.78, 5) is 36.6. The number of carbonyl (C=O) groups is 3. The summed E-state index contributed by atoms with van der Waals surface area (Å²) >= 11 is 0. The number of esters is 1. The molecule has 3 aromatic carbocycles. The van der Waals surface area contributed by atoms with Crippen LogP contribution in [0, 0.1) is 0 Å². The van der Waals surface area contributed by atoms with Crippen molar-refractivity contribution < 1.29 is 33.3 Å². The van der Waals surface area contributed by atoms with E-state index in [-0.39, 0.29) is 42.0 Å². The zero-order chi connectivity index (χ0) is 23.6. The highest BCUT2D eigenvalue weighted by molar-refractivity contribution is 5.99. The summed E-state index contributed by atoms with van der Waals surface area (Å²) in [6.07, 6.45) is 0. The van der Waals surface area contributed by atoms with Gasteiger partial charge in [0.1, 0.15) is 5.75 Å². The molecular formula is C25H23NO7. The first kappa shape index (κ1) is 23.3. The number of benzene rings is 3. The summed E-state index contributed by atoms with van der Waals surface area (Å²) in [6.45, 7) is -0.646. The van der Waals surface area contributed by atoms with Gasteiger partial charge in [0.2, 0.25) is 0 Å². The summed E-state index contributed by atoms with van der Waals surface area (Å²) in [5.74, 6) is -0.155. The van der Waals surface area contributed by atoms with Crippen LogP contribution >= 0.6 is 0 Å². The monoisotopic (exact) mass is 449 g/mol. The maximum absolute atomic E-state index is 12.3. The van der Waals surface area contributed by atoms with Crippen LogP contribution in [0.25, 0.3) is 0 Å². The Hall–Kier alpha value is -4.33. The van der Waals surface area contributed by atoms with Crippen molar-refractivity contribution >= 4 is 23.3 Å². The van der Waals surface area contributed by atoms with Crippen LogP contribution in [0.5, 0.6) is 17.2 Å². The Morgan fingerprint density at radius 3 is 2.15 bits per heavy atom. The molecule has 0 spiro atoms. The molecule has 0 heterocycles. The van der Waals surface area contributed by atoms with Gasteiger partial charge in [0.05, 0.1) is 19.8 Å². The molecule has 3 aromatic rings. The highest BCUT2D eigenvalue weighted by Gasteiger charge is 2.15. The Labute approximate surface area is 191 Å². The number of hydrogen-bond donors (Lipinski definition) is 1. The van der Waals surface area contributed by atoms with Crippen molar-refractivity contribution in [3.8, 4) is 17.2 Å². The molecule has 8 heteroatoms. The standard InChI is InChI=1S/C25H23NO7/c1-30-20-11-9-19(10-12-20)26-24(28)16-32-22-13-8-18(14-23(22)31-2)25(29)33-15-21(27)17-6-4-3-5-7-17/h3-14H,15-16H2,1-2H3,(H,26,28). The van der Waals surface area contributed by atoms with E-state index in [0.717, 1.165) is 0 Å². The largest absolute Gasteiger partial charge is 0.497 e. The van der Waals surface area contributed by atoms with Crippen LogP contribution in [0.3, 0.4) is 0 Å². The molecule has 33 heavy (non-hydrogen) atoms. The molecule has 1 amide bonds. The lowest BCUT2D eigenvalue weighted by Gasteiger charge is -2.12. The summed E-state index contributed by atoms with van der Waals surface area (Å²) in [7, 11) is 2.97. The first-order chi connectivity index (χ1) is 16.0. The van der Waals surface area contributed by atoms with Gasteiger partial charge in [-0.15, -0.1) is 0 Å². The molecule has 8 nitrogen and oxygen atoms in total. The van der Waals surface area contributed by atoms with Crippen LogP contribution in [0.4, 0.5) is 5.69 Å². The van der Waals surface area contributed by atoms with Crippen LogP contribution in [0.1, 0.15) is 20.7 Å². The fourth-order valence-electron chi connectivity index (χ4n) is 2.85. The van der Waals surface area contributed by atoms with E-state index in [1.807, 2.05) is 0 Å². The van der Waals surface area contributed by atoms with E-state index in [1.54, 1.807) is 61.7 Å².